The number of carboxylic acid groups (broad SMARTS) is 2. The summed E-state index contributed by atoms with van der Waals surface area (Å²) in [5.74, 6) is -6.25. The maximum Gasteiger partial charge on any atom is 0.326 e. The highest BCUT2D eigenvalue weighted by Crippen LogP contribution is 2.19. The normalized spacial score (nSPS) is 17.6. The molecule has 18 nitrogen and oxygen atoms in total. The van der Waals surface area contributed by atoms with Gasteiger partial charge in [-0.05, 0) is 77.8 Å². The molecular formula is C28H50N8O10. The van der Waals surface area contributed by atoms with E-state index in [1.54, 1.807) is 0 Å². The molecule has 0 bridgehead atoms. The molecule has 46 heavy (non-hydrogen) atoms. The zero-order valence-electron chi connectivity index (χ0n) is 26.2. The molecule has 1 fully saturated rings. The van der Waals surface area contributed by atoms with Crippen LogP contribution in [0.5, 0.6) is 0 Å². The van der Waals surface area contributed by atoms with Crippen LogP contribution in [0.15, 0.2) is 0 Å². The predicted molar refractivity (Wildman–Crippen MR) is 164 cm³/mol. The van der Waals surface area contributed by atoms with Gasteiger partial charge in [0.25, 0.3) is 0 Å². The van der Waals surface area contributed by atoms with Crippen molar-refractivity contribution in [2.24, 2.45) is 17.2 Å². The van der Waals surface area contributed by atoms with Gasteiger partial charge in [0.2, 0.25) is 29.5 Å². The van der Waals surface area contributed by atoms with Crippen LogP contribution in [-0.4, -0.2) is 124 Å². The Balaban J connectivity index is 3.05. The van der Waals surface area contributed by atoms with Gasteiger partial charge >= 0.3 is 11.9 Å². The number of carboxylic acids is 2. The van der Waals surface area contributed by atoms with E-state index in [1.807, 2.05) is 0 Å². The quantitative estimate of drug-likeness (QED) is 0.0505. The maximum absolute atomic E-state index is 13.4. The van der Waals surface area contributed by atoms with Crippen LogP contribution in [0.1, 0.15) is 71.1 Å². The molecule has 0 aromatic carbocycles. The smallest absolute Gasteiger partial charge is 0.326 e. The summed E-state index contributed by atoms with van der Waals surface area (Å²) in [6, 6.07) is -7.23. The number of carbonyl (C=O) groups is 7. The van der Waals surface area contributed by atoms with Gasteiger partial charge in [0.1, 0.15) is 36.3 Å². The van der Waals surface area contributed by atoms with Gasteiger partial charge in [-0.25, -0.2) is 4.79 Å². The number of nitrogens with zero attached hydrogens (tertiary/aromatic N) is 1. The lowest BCUT2D eigenvalue weighted by molar-refractivity contribution is -0.142. The van der Waals surface area contributed by atoms with Crippen LogP contribution in [0.25, 0.3) is 0 Å². The van der Waals surface area contributed by atoms with Crippen LogP contribution in [0.3, 0.4) is 0 Å². The summed E-state index contributed by atoms with van der Waals surface area (Å²) in [7, 11) is 0. The minimum Gasteiger partial charge on any atom is -0.481 e. The van der Waals surface area contributed by atoms with Gasteiger partial charge in [-0.1, -0.05) is 0 Å². The Morgan fingerprint density at radius 1 is 0.783 bits per heavy atom. The van der Waals surface area contributed by atoms with Crippen molar-refractivity contribution in [3.05, 3.63) is 0 Å². The van der Waals surface area contributed by atoms with Crippen LogP contribution in [0.4, 0.5) is 0 Å². The van der Waals surface area contributed by atoms with Crippen LogP contribution in [0.2, 0.25) is 0 Å². The van der Waals surface area contributed by atoms with Gasteiger partial charge in [-0.15, -0.1) is 0 Å². The molecule has 262 valence electrons. The Morgan fingerprint density at radius 3 is 1.87 bits per heavy atom. The van der Waals surface area contributed by atoms with Crippen molar-refractivity contribution in [3.8, 4) is 0 Å². The Labute approximate surface area is 267 Å². The van der Waals surface area contributed by atoms with E-state index >= 15 is 0 Å². The summed E-state index contributed by atoms with van der Waals surface area (Å²) in [6.07, 6.45) is 2.04. The highest BCUT2D eigenvalue weighted by molar-refractivity contribution is 5.96. The second kappa shape index (κ2) is 21.0. The van der Waals surface area contributed by atoms with Gasteiger partial charge in [-0.3, -0.25) is 28.8 Å². The highest BCUT2D eigenvalue weighted by Gasteiger charge is 2.38. The zero-order valence-corrected chi connectivity index (χ0v) is 26.2. The molecule has 0 saturated carbocycles. The molecule has 1 heterocycles. The molecule has 13 N–H and O–H groups in total. The number of nitrogens with one attached hydrogen (secondary N) is 4. The molecule has 0 spiro atoms. The van der Waals surface area contributed by atoms with E-state index in [0.717, 1.165) is 0 Å². The molecule has 6 atom stereocenters. The van der Waals surface area contributed by atoms with E-state index in [1.165, 1.54) is 11.8 Å². The largest absolute Gasteiger partial charge is 0.481 e. The number of aliphatic hydroxyl groups excluding tert-OH is 1. The van der Waals surface area contributed by atoms with Crippen LogP contribution < -0.4 is 38.5 Å². The van der Waals surface area contributed by atoms with E-state index in [9.17, 15) is 48.9 Å². The van der Waals surface area contributed by atoms with Gasteiger partial charge < -0.3 is 58.7 Å². The number of aliphatic hydroxyl groups is 1. The number of unbranched alkanes of at least 4 members (excludes halogenated alkanes) is 2. The Kier molecular flexibility index (Phi) is 18.4. The zero-order chi connectivity index (χ0) is 34.8. The van der Waals surface area contributed by atoms with E-state index < -0.39 is 90.8 Å². The molecule has 5 amide bonds. The van der Waals surface area contributed by atoms with Gasteiger partial charge in [0.05, 0.1) is 6.61 Å². The first-order valence-corrected chi connectivity index (χ1v) is 15.5. The lowest BCUT2D eigenvalue weighted by atomic mass is 10.0. The van der Waals surface area contributed by atoms with E-state index in [-0.39, 0.29) is 32.2 Å². The Morgan fingerprint density at radius 2 is 1.33 bits per heavy atom. The summed E-state index contributed by atoms with van der Waals surface area (Å²) in [6.45, 7) is 1.58. The second-order valence-corrected chi connectivity index (χ2v) is 11.2. The fourth-order valence-corrected chi connectivity index (χ4v) is 4.86. The standard InChI is InChI=1S/C28H50N8O10/c1-16(23(40)35-20(28(45)46)8-3-5-13-30)32-24(41)18(7-2-4-12-29)33-25(42)19(10-11-22(38)39)34-26(43)21-9-6-14-36(21)27(44)17(31)15-37/h16-21,37H,2-15,29-31H2,1H3,(H,32,41)(H,33,42)(H,34,43)(H,35,40)(H,38,39)(H,45,46)/t16-,17-,18-,19-,20-,21-/m0/s1. The fraction of sp³-hybridized carbons (Fsp3) is 0.750. The molecule has 0 aromatic heterocycles. The monoisotopic (exact) mass is 658 g/mol. The van der Waals surface area contributed by atoms with Crippen LogP contribution >= 0.6 is 0 Å². The van der Waals surface area contributed by atoms with Crippen molar-refractivity contribution in [1.82, 2.24) is 26.2 Å². The highest BCUT2D eigenvalue weighted by atomic mass is 16.4. The molecule has 1 aliphatic rings. The first-order valence-electron chi connectivity index (χ1n) is 15.5. The van der Waals surface area contributed by atoms with E-state index in [2.05, 4.69) is 21.3 Å². The van der Waals surface area contributed by atoms with Crippen molar-refractivity contribution >= 4 is 41.5 Å². The molecule has 0 aromatic rings. The number of hydrogen-bond donors (Lipinski definition) is 10. The average Bonchev–Trinajstić information content (AvgIpc) is 3.51. The van der Waals surface area contributed by atoms with Crippen molar-refractivity contribution < 1.29 is 48.9 Å². The number of likely N-dealkylation sites (tertiary alicyclic amines) is 1. The number of rotatable bonds is 22. The van der Waals surface area contributed by atoms with Crippen molar-refractivity contribution in [1.29, 1.82) is 0 Å². The molecule has 1 aliphatic heterocycles. The van der Waals surface area contributed by atoms with Gasteiger partial charge in [0.15, 0.2) is 0 Å². The molecular weight excluding hydrogens is 608 g/mol. The summed E-state index contributed by atoms with van der Waals surface area (Å²) >= 11 is 0. The summed E-state index contributed by atoms with van der Waals surface area (Å²) in [4.78, 5) is 89.1. The Bertz CT molecular complexity index is 1060. The van der Waals surface area contributed by atoms with Crippen molar-refractivity contribution in [2.75, 3.05) is 26.2 Å². The lowest BCUT2D eigenvalue weighted by Crippen LogP contribution is -2.58. The average molecular weight is 659 g/mol. The van der Waals surface area contributed by atoms with Crippen molar-refractivity contribution in [3.63, 3.8) is 0 Å². The van der Waals surface area contributed by atoms with E-state index in [4.69, 9.17) is 17.2 Å². The van der Waals surface area contributed by atoms with Crippen LogP contribution in [-0.2, 0) is 33.6 Å². The van der Waals surface area contributed by atoms with Gasteiger partial charge in [0, 0.05) is 13.0 Å². The molecule has 0 unspecified atom stereocenters. The minimum absolute atomic E-state index is 0.0868. The molecule has 18 heteroatoms. The summed E-state index contributed by atoms with van der Waals surface area (Å²) in [5.41, 5.74) is 16.6. The number of nitrogens with two attached hydrogens (primary N) is 3. The lowest BCUT2D eigenvalue weighted by Gasteiger charge is -2.28. The Hall–Kier alpha value is -3.87. The first-order chi connectivity index (χ1) is 21.8. The maximum atomic E-state index is 13.4. The van der Waals surface area contributed by atoms with Gasteiger partial charge in [-0.2, -0.15) is 0 Å². The first kappa shape index (κ1) is 40.2. The number of amides is 5. The molecule has 1 rings (SSSR count). The summed E-state index contributed by atoms with van der Waals surface area (Å²) < 4.78 is 0. The topological polar surface area (TPSA) is 310 Å². The fourth-order valence-electron chi connectivity index (χ4n) is 4.86. The molecule has 0 radical (unpaired) electrons. The SMILES string of the molecule is C[C@H](NC(=O)[C@H](CCCCN)NC(=O)[C@H](CCC(=O)O)NC(=O)[C@@H]1CCCN1C(=O)[C@@H](N)CO)C(=O)N[C@@H](CCCCN)C(=O)O. The third-order valence-corrected chi connectivity index (χ3v) is 7.53. The predicted octanol–water partition coefficient (Wildman–Crippen LogP) is -3.54. The van der Waals surface area contributed by atoms with Crippen molar-refractivity contribution in [2.45, 2.75) is 107 Å². The molecule has 1 saturated heterocycles. The number of carbonyl (C=O) groups excluding carboxylic acids is 5. The molecule has 0 aliphatic carbocycles. The number of aliphatic carboxylic acids is 2. The van der Waals surface area contributed by atoms with E-state index in [0.29, 0.717) is 45.2 Å². The van der Waals surface area contributed by atoms with Crippen LogP contribution in [0, 0.1) is 0 Å². The summed E-state index contributed by atoms with van der Waals surface area (Å²) in [5, 5.41) is 37.8. The third kappa shape index (κ3) is 13.6. The third-order valence-electron chi connectivity index (χ3n) is 7.53. The second-order valence-electron chi connectivity index (χ2n) is 11.2. The minimum atomic E-state index is -1.40. The number of hydrogen-bond acceptors (Lipinski definition) is 11.